The Hall–Kier alpha value is -2.00. The predicted molar refractivity (Wildman–Crippen MR) is 85.6 cm³/mol. The monoisotopic (exact) mass is 340 g/mol. The summed E-state index contributed by atoms with van der Waals surface area (Å²) >= 11 is 0.791. The fourth-order valence-corrected chi connectivity index (χ4v) is 3.66. The molecule has 0 radical (unpaired) electrons. The van der Waals surface area contributed by atoms with E-state index in [-0.39, 0.29) is 15.4 Å². The number of aromatic nitrogens is 2. The maximum absolute atomic E-state index is 12.2. The Labute approximate surface area is 132 Å². The molecular formula is C13H16N4O3S2. The second-order valence-corrected chi connectivity index (χ2v) is 7.77. The van der Waals surface area contributed by atoms with Crippen LogP contribution in [0.5, 0.6) is 0 Å². The molecular weight excluding hydrogens is 324 g/mol. The fourth-order valence-electron chi connectivity index (χ4n) is 1.65. The number of carbonyl (C=O) groups is 1. The van der Waals surface area contributed by atoms with Crippen molar-refractivity contribution in [3.05, 3.63) is 29.8 Å². The Morgan fingerprint density at radius 2 is 1.82 bits per heavy atom. The van der Waals surface area contributed by atoms with E-state index >= 15 is 0 Å². The molecule has 22 heavy (non-hydrogen) atoms. The van der Waals surface area contributed by atoms with E-state index in [9.17, 15) is 13.2 Å². The van der Waals surface area contributed by atoms with Crippen molar-refractivity contribution in [3.8, 4) is 0 Å². The fraction of sp³-hybridized carbons (Fsp3) is 0.308. The minimum absolute atomic E-state index is 0.142. The van der Waals surface area contributed by atoms with E-state index in [0.717, 1.165) is 16.9 Å². The van der Waals surface area contributed by atoms with Crippen molar-refractivity contribution in [1.82, 2.24) is 10.2 Å². The number of rotatable bonds is 5. The van der Waals surface area contributed by atoms with Gasteiger partial charge in [-0.2, -0.15) is 8.42 Å². The van der Waals surface area contributed by atoms with E-state index < -0.39 is 10.0 Å². The zero-order chi connectivity index (χ0) is 16.3. The maximum Gasteiger partial charge on any atom is 0.291 e. The summed E-state index contributed by atoms with van der Waals surface area (Å²) in [5, 5.41) is 9.74. The quantitative estimate of drug-likeness (QED) is 0.814. The third-order valence-electron chi connectivity index (χ3n) is 2.75. The summed E-state index contributed by atoms with van der Waals surface area (Å²) < 4.78 is 26.6. The molecule has 0 saturated heterocycles. The molecule has 118 valence electrons. The van der Waals surface area contributed by atoms with Gasteiger partial charge in [-0.15, -0.1) is 10.2 Å². The molecule has 0 atom stereocenters. The van der Waals surface area contributed by atoms with Gasteiger partial charge in [0, 0.05) is 12.6 Å². The van der Waals surface area contributed by atoms with Crippen molar-refractivity contribution in [1.29, 1.82) is 0 Å². The number of sulfonamides is 1. The largest absolute Gasteiger partial charge is 0.301 e. The van der Waals surface area contributed by atoms with Crippen LogP contribution >= 0.6 is 11.3 Å². The Morgan fingerprint density at radius 3 is 2.36 bits per heavy atom. The molecule has 1 aromatic carbocycles. The van der Waals surface area contributed by atoms with Crippen molar-refractivity contribution in [2.24, 2.45) is 0 Å². The third-order valence-corrected chi connectivity index (χ3v) is 5.34. The highest BCUT2D eigenvalue weighted by Crippen LogP contribution is 2.23. The van der Waals surface area contributed by atoms with Gasteiger partial charge < -0.3 is 5.32 Å². The molecule has 1 heterocycles. The first-order chi connectivity index (χ1) is 10.3. The molecule has 9 heteroatoms. The summed E-state index contributed by atoms with van der Waals surface area (Å²) in [6, 6.07) is 7.13. The Kier molecular flexibility index (Phi) is 4.77. The number of anilines is 2. The molecule has 1 amide bonds. The Morgan fingerprint density at radius 1 is 1.18 bits per heavy atom. The third kappa shape index (κ3) is 4.01. The van der Waals surface area contributed by atoms with Gasteiger partial charge in [-0.1, -0.05) is 37.3 Å². The topological polar surface area (TPSA) is 101 Å². The smallest absolute Gasteiger partial charge is 0.291 e. The van der Waals surface area contributed by atoms with E-state index in [1.807, 2.05) is 12.1 Å². The molecule has 0 aliphatic heterocycles. The van der Waals surface area contributed by atoms with Crippen LogP contribution in [0, 0.1) is 0 Å². The van der Waals surface area contributed by atoms with Gasteiger partial charge in [-0.05, 0) is 23.6 Å². The summed E-state index contributed by atoms with van der Waals surface area (Å²) in [5.41, 5.74) is 1.56. The number of carbonyl (C=O) groups excluding carboxylic acids is 1. The van der Waals surface area contributed by atoms with Crippen LogP contribution in [0.25, 0.3) is 0 Å². The van der Waals surface area contributed by atoms with Crippen LogP contribution in [-0.2, 0) is 14.8 Å². The SMILES string of the molecule is CC(=O)Nc1nnc(S(=O)(=O)Nc2ccc(C(C)C)cc2)s1. The van der Waals surface area contributed by atoms with Crippen LogP contribution in [-0.4, -0.2) is 24.5 Å². The molecule has 2 aromatic rings. The molecule has 0 bridgehead atoms. The minimum atomic E-state index is -3.82. The molecule has 2 N–H and O–H groups in total. The average molecular weight is 340 g/mol. The van der Waals surface area contributed by atoms with Crippen molar-refractivity contribution in [2.75, 3.05) is 10.0 Å². The number of benzene rings is 1. The van der Waals surface area contributed by atoms with Crippen LogP contribution in [0.4, 0.5) is 10.8 Å². The Balaban J connectivity index is 2.16. The van der Waals surface area contributed by atoms with Gasteiger partial charge in [0.2, 0.25) is 11.0 Å². The van der Waals surface area contributed by atoms with Gasteiger partial charge in [-0.3, -0.25) is 9.52 Å². The van der Waals surface area contributed by atoms with Gasteiger partial charge in [0.15, 0.2) is 0 Å². The molecule has 0 aliphatic rings. The molecule has 1 aromatic heterocycles. The number of nitrogens with zero attached hydrogens (tertiary/aromatic N) is 2. The molecule has 7 nitrogen and oxygen atoms in total. The van der Waals surface area contributed by atoms with Gasteiger partial charge in [0.05, 0.1) is 0 Å². The number of amides is 1. The summed E-state index contributed by atoms with van der Waals surface area (Å²) in [6.07, 6.45) is 0. The standard InChI is InChI=1S/C13H16N4O3S2/c1-8(2)10-4-6-11(7-5-10)17-22(19,20)13-16-15-12(21-13)14-9(3)18/h4-8,17H,1-3H3,(H,14,15,18). The van der Waals surface area contributed by atoms with Gasteiger partial charge in [0.1, 0.15) is 0 Å². The number of hydrogen-bond acceptors (Lipinski definition) is 6. The zero-order valence-corrected chi connectivity index (χ0v) is 14.0. The maximum atomic E-state index is 12.2. The summed E-state index contributed by atoms with van der Waals surface area (Å²) in [5.74, 6) is 0.0337. The lowest BCUT2D eigenvalue weighted by atomic mass is 10.0. The average Bonchev–Trinajstić information content (AvgIpc) is 2.87. The van der Waals surface area contributed by atoms with E-state index in [0.29, 0.717) is 11.6 Å². The second kappa shape index (κ2) is 6.41. The first kappa shape index (κ1) is 16.4. The van der Waals surface area contributed by atoms with Crippen molar-refractivity contribution in [2.45, 2.75) is 31.0 Å². The zero-order valence-electron chi connectivity index (χ0n) is 12.3. The Bertz CT molecular complexity index is 767. The highest BCUT2D eigenvalue weighted by atomic mass is 32.2. The highest BCUT2D eigenvalue weighted by Gasteiger charge is 2.20. The lowest BCUT2D eigenvalue weighted by Gasteiger charge is -2.08. The van der Waals surface area contributed by atoms with Crippen LogP contribution < -0.4 is 10.0 Å². The van der Waals surface area contributed by atoms with Crippen LogP contribution in [0.2, 0.25) is 0 Å². The molecule has 0 fully saturated rings. The first-order valence-corrected chi connectivity index (χ1v) is 8.82. The van der Waals surface area contributed by atoms with Gasteiger partial charge >= 0.3 is 0 Å². The van der Waals surface area contributed by atoms with Crippen molar-refractivity contribution in [3.63, 3.8) is 0 Å². The summed E-state index contributed by atoms with van der Waals surface area (Å²) in [4.78, 5) is 10.9. The molecule has 2 rings (SSSR count). The van der Waals surface area contributed by atoms with E-state index in [1.165, 1.54) is 6.92 Å². The minimum Gasteiger partial charge on any atom is -0.301 e. The van der Waals surface area contributed by atoms with Gasteiger partial charge in [-0.25, -0.2) is 0 Å². The summed E-state index contributed by atoms with van der Waals surface area (Å²) in [6.45, 7) is 5.43. The van der Waals surface area contributed by atoms with E-state index in [2.05, 4.69) is 34.1 Å². The van der Waals surface area contributed by atoms with Crippen molar-refractivity contribution < 1.29 is 13.2 Å². The summed E-state index contributed by atoms with van der Waals surface area (Å²) in [7, 11) is -3.82. The van der Waals surface area contributed by atoms with E-state index in [4.69, 9.17) is 0 Å². The van der Waals surface area contributed by atoms with E-state index in [1.54, 1.807) is 12.1 Å². The number of hydrogen-bond donors (Lipinski definition) is 2. The second-order valence-electron chi connectivity index (χ2n) is 4.94. The van der Waals surface area contributed by atoms with Crippen LogP contribution in [0.15, 0.2) is 28.6 Å². The van der Waals surface area contributed by atoms with Crippen LogP contribution in [0.3, 0.4) is 0 Å². The number of nitrogens with one attached hydrogen (secondary N) is 2. The van der Waals surface area contributed by atoms with Gasteiger partial charge in [0.25, 0.3) is 14.4 Å². The van der Waals surface area contributed by atoms with Crippen molar-refractivity contribution >= 4 is 38.1 Å². The molecule has 0 unspecified atom stereocenters. The molecule has 0 saturated carbocycles. The molecule has 0 aliphatic carbocycles. The normalized spacial score (nSPS) is 11.5. The lowest BCUT2D eigenvalue weighted by molar-refractivity contribution is -0.114. The molecule has 0 spiro atoms. The van der Waals surface area contributed by atoms with Crippen LogP contribution in [0.1, 0.15) is 32.3 Å². The lowest BCUT2D eigenvalue weighted by Crippen LogP contribution is -2.12. The predicted octanol–water partition coefficient (Wildman–Crippen LogP) is 2.42. The first-order valence-electron chi connectivity index (χ1n) is 6.52. The highest BCUT2D eigenvalue weighted by molar-refractivity contribution is 7.94.